The molecule has 7 nitrogen and oxygen atoms in total. The normalized spacial score (nSPS) is 17.2. The second-order valence-corrected chi connectivity index (χ2v) is 10.2. The van der Waals surface area contributed by atoms with Crippen molar-refractivity contribution in [3.05, 3.63) is 90.0 Å². The van der Waals surface area contributed by atoms with Crippen LogP contribution in [0.4, 0.5) is 5.13 Å². The van der Waals surface area contributed by atoms with E-state index in [4.69, 9.17) is 9.84 Å². The monoisotopic (exact) mass is 513 g/mol. The minimum absolute atomic E-state index is 0.236. The number of carboxylic acid groups (broad SMARTS) is 1. The van der Waals surface area contributed by atoms with Crippen LogP contribution < -0.4 is 10.1 Å². The molecule has 0 spiro atoms. The zero-order valence-electron chi connectivity index (χ0n) is 20.2. The van der Waals surface area contributed by atoms with Gasteiger partial charge in [0, 0.05) is 17.5 Å². The van der Waals surface area contributed by atoms with Gasteiger partial charge in [-0.2, -0.15) is 0 Å². The summed E-state index contributed by atoms with van der Waals surface area (Å²) in [6.07, 6.45) is 4.08. The number of carboxylic acids is 1. The highest BCUT2D eigenvalue weighted by Gasteiger charge is 2.24. The fraction of sp³-hybridized carbons (Fsp3) is 0.241. The Morgan fingerprint density at radius 3 is 2.35 bits per heavy atom. The summed E-state index contributed by atoms with van der Waals surface area (Å²) in [5, 5.41) is 21.3. The maximum Gasteiger partial charge on any atom is 0.303 e. The van der Waals surface area contributed by atoms with Gasteiger partial charge >= 0.3 is 5.97 Å². The third-order valence-corrected chi connectivity index (χ3v) is 7.55. The van der Waals surface area contributed by atoms with Gasteiger partial charge in [-0.25, -0.2) is 0 Å². The molecule has 0 radical (unpaired) electrons. The third kappa shape index (κ3) is 6.40. The molecule has 2 N–H and O–H groups in total. The van der Waals surface area contributed by atoms with Crippen molar-refractivity contribution in [1.29, 1.82) is 0 Å². The van der Waals surface area contributed by atoms with E-state index < -0.39 is 5.97 Å². The summed E-state index contributed by atoms with van der Waals surface area (Å²) in [6, 6.07) is 24.8. The lowest BCUT2D eigenvalue weighted by atomic mass is 9.77. The van der Waals surface area contributed by atoms with E-state index in [0.717, 1.165) is 37.0 Å². The molecule has 188 valence electrons. The summed E-state index contributed by atoms with van der Waals surface area (Å²) in [7, 11) is 0. The van der Waals surface area contributed by atoms with Crippen LogP contribution in [0.2, 0.25) is 0 Å². The molecule has 1 fully saturated rings. The van der Waals surface area contributed by atoms with Crippen LogP contribution in [0.3, 0.4) is 0 Å². The van der Waals surface area contributed by atoms with Gasteiger partial charge in [0.1, 0.15) is 16.5 Å². The minimum Gasteiger partial charge on any atom is -0.481 e. The first-order valence-electron chi connectivity index (χ1n) is 12.3. The highest BCUT2D eigenvalue weighted by atomic mass is 32.1. The predicted octanol–water partition coefficient (Wildman–Crippen LogP) is 7.00. The number of para-hydroxylation sites is 1. The molecule has 3 aromatic carbocycles. The van der Waals surface area contributed by atoms with Gasteiger partial charge in [-0.15, -0.1) is 10.2 Å². The van der Waals surface area contributed by atoms with Gasteiger partial charge in [0.25, 0.3) is 5.91 Å². The number of aliphatic carboxylic acids is 1. The Balaban J connectivity index is 1.19. The van der Waals surface area contributed by atoms with E-state index in [-0.39, 0.29) is 18.2 Å². The molecule has 1 saturated carbocycles. The minimum atomic E-state index is -0.716. The fourth-order valence-electron chi connectivity index (χ4n) is 4.73. The molecule has 1 heterocycles. The number of anilines is 1. The second kappa shape index (κ2) is 11.3. The Morgan fingerprint density at radius 1 is 0.892 bits per heavy atom. The number of aromatic nitrogens is 2. The summed E-state index contributed by atoms with van der Waals surface area (Å²) in [6.45, 7) is 0. The number of nitrogens with zero attached hydrogens (tertiary/aromatic N) is 2. The van der Waals surface area contributed by atoms with Crippen LogP contribution in [0.1, 0.15) is 53.9 Å². The molecule has 37 heavy (non-hydrogen) atoms. The summed E-state index contributed by atoms with van der Waals surface area (Å²) in [5.41, 5.74) is 2.60. The number of carbonyl (C=O) groups excluding carboxylic acids is 1. The average molecular weight is 514 g/mol. The van der Waals surface area contributed by atoms with E-state index in [2.05, 4.69) is 15.5 Å². The summed E-state index contributed by atoms with van der Waals surface area (Å²) < 4.78 is 5.91. The largest absolute Gasteiger partial charge is 0.481 e. The van der Waals surface area contributed by atoms with Crippen LogP contribution >= 0.6 is 11.3 Å². The Bertz CT molecular complexity index is 1360. The van der Waals surface area contributed by atoms with Crippen molar-refractivity contribution in [2.45, 2.75) is 38.0 Å². The topological polar surface area (TPSA) is 101 Å². The Labute approximate surface area is 219 Å². The molecule has 0 aliphatic heterocycles. The van der Waals surface area contributed by atoms with E-state index in [9.17, 15) is 9.59 Å². The molecular weight excluding hydrogens is 486 g/mol. The molecule has 5 rings (SSSR count). The number of ether oxygens (including phenoxy) is 1. The first kappa shape index (κ1) is 24.6. The van der Waals surface area contributed by atoms with Gasteiger partial charge in [-0.1, -0.05) is 53.8 Å². The van der Waals surface area contributed by atoms with Crippen LogP contribution in [0.5, 0.6) is 11.5 Å². The summed E-state index contributed by atoms with van der Waals surface area (Å²) in [4.78, 5) is 23.8. The first-order chi connectivity index (χ1) is 18.0. The smallest absolute Gasteiger partial charge is 0.303 e. The third-order valence-electron chi connectivity index (χ3n) is 6.66. The van der Waals surface area contributed by atoms with E-state index in [1.165, 1.54) is 16.9 Å². The summed E-state index contributed by atoms with van der Waals surface area (Å²) in [5.74, 6) is 1.18. The predicted molar refractivity (Wildman–Crippen MR) is 143 cm³/mol. The molecule has 8 heteroatoms. The second-order valence-electron chi connectivity index (χ2n) is 9.25. The van der Waals surface area contributed by atoms with Crippen molar-refractivity contribution in [3.8, 4) is 22.1 Å². The van der Waals surface area contributed by atoms with Gasteiger partial charge in [0.15, 0.2) is 0 Å². The molecule has 0 unspecified atom stereocenters. The maximum atomic E-state index is 12.8. The molecule has 0 bridgehead atoms. The maximum absolute atomic E-state index is 12.8. The highest BCUT2D eigenvalue weighted by Crippen LogP contribution is 2.37. The SMILES string of the molecule is O=C(O)CC1CCC(c2ccc(C(=O)Nc3nnc(-c4cccc(Oc5ccccc5)c4)s3)cc2)CC1. The van der Waals surface area contributed by atoms with E-state index in [1.54, 1.807) is 0 Å². The Kier molecular flexibility index (Phi) is 7.56. The van der Waals surface area contributed by atoms with Crippen molar-refractivity contribution < 1.29 is 19.4 Å². The van der Waals surface area contributed by atoms with Crippen molar-refractivity contribution in [2.75, 3.05) is 5.32 Å². The lowest BCUT2D eigenvalue weighted by molar-refractivity contribution is -0.138. The highest BCUT2D eigenvalue weighted by molar-refractivity contribution is 7.18. The first-order valence-corrected chi connectivity index (χ1v) is 13.1. The van der Waals surface area contributed by atoms with Gasteiger partial charge < -0.3 is 9.84 Å². The summed E-state index contributed by atoms with van der Waals surface area (Å²) >= 11 is 1.30. The van der Waals surface area contributed by atoms with Crippen molar-refractivity contribution in [1.82, 2.24) is 10.2 Å². The van der Waals surface area contributed by atoms with Crippen LogP contribution in [0.15, 0.2) is 78.9 Å². The molecule has 0 atom stereocenters. The van der Waals surface area contributed by atoms with Gasteiger partial charge in [-0.3, -0.25) is 14.9 Å². The van der Waals surface area contributed by atoms with Crippen LogP contribution in [0.25, 0.3) is 10.6 Å². The number of rotatable bonds is 8. The molecule has 0 saturated heterocycles. The van der Waals surface area contributed by atoms with Crippen LogP contribution in [-0.2, 0) is 4.79 Å². The standard InChI is InChI=1S/C29H27N3O4S/c33-26(34)17-19-9-11-20(12-10-19)21-13-15-22(16-14-21)27(35)30-29-32-31-28(37-29)23-5-4-8-25(18-23)36-24-6-2-1-3-7-24/h1-8,13-16,18-20H,9-12,17H2,(H,33,34)(H,30,32,35). The van der Waals surface area contributed by atoms with Crippen molar-refractivity contribution in [3.63, 3.8) is 0 Å². The zero-order valence-corrected chi connectivity index (χ0v) is 21.0. The molecular formula is C29H27N3O4S. The molecule has 4 aromatic rings. The van der Waals surface area contributed by atoms with Crippen molar-refractivity contribution >= 4 is 28.3 Å². The average Bonchev–Trinajstić information content (AvgIpc) is 3.38. The van der Waals surface area contributed by atoms with Crippen molar-refractivity contribution in [2.24, 2.45) is 5.92 Å². The number of nitrogens with one attached hydrogen (secondary N) is 1. The zero-order chi connectivity index (χ0) is 25.6. The number of carbonyl (C=O) groups is 2. The quantitative estimate of drug-likeness (QED) is 0.263. The van der Waals surface area contributed by atoms with Gasteiger partial charge in [0.2, 0.25) is 5.13 Å². The fourth-order valence-corrected chi connectivity index (χ4v) is 5.47. The number of benzene rings is 3. The molecule has 1 aliphatic carbocycles. The Hall–Kier alpha value is -4.04. The van der Waals surface area contributed by atoms with E-state index in [1.807, 2.05) is 78.9 Å². The lowest BCUT2D eigenvalue weighted by Crippen LogP contribution is -2.16. The van der Waals surface area contributed by atoms with Gasteiger partial charge in [-0.05, 0) is 79.5 Å². The Morgan fingerprint density at radius 2 is 1.62 bits per heavy atom. The number of amides is 1. The van der Waals surface area contributed by atoms with Crippen LogP contribution in [0, 0.1) is 5.92 Å². The molecule has 1 aliphatic rings. The van der Waals surface area contributed by atoms with E-state index >= 15 is 0 Å². The molecule has 1 amide bonds. The molecule has 1 aromatic heterocycles. The van der Waals surface area contributed by atoms with E-state index in [0.29, 0.717) is 27.4 Å². The lowest BCUT2D eigenvalue weighted by Gasteiger charge is -2.28. The van der Waals surface area contributed by atoms with Crippen LogP contribution in [-0.4, -0.2) is 27.2 Å². The number of hydrogen-bond acceptors (Lipinski definition) is 6. The van der Waals surface area contributed by atoms with Gasteiger partial charge in [0.05, 0.1) is 0 Å². The number of hydrogen-bond donors (Lipinski definition) is 2.